The summed E-state index contributed by atoms with van der Waals surface area (Å²) in [7, 11) is 0. The number of nitrogens with two attached hydrogens (primary N) is 1. The predicted octanol–water partition coefficient (Wildman–Crippen LogP) is 1.63. The molecule has 0 spiro atoms. The first-order valence-electron chi connectivity index (χ1n) is 5.33. The van der Waals surface area contributed by atoms with Gasteiger partial charge in [-0.2, -0.15) is 0 Å². The van der Waals surface area contributed by atoms with E-state index in [9.17, 15) is 10.1 Å². The van der Waals surface area contributed by atoms with Gasteiger partial charge in [0.05, 0.1) is 9.82 Å². The topological polar surface area (TPSA) is 128 Å². The summed E-state index contributed by atoms with van der Waals surface area (Å²) < 4.78 is 0. The van der Waals surface area contributed by atoms with Crippen LogP contribution in [-0.2, 0) is 0 Å². The summed E-state index contributed by atoms with van der Waals surface area (Å²) >= 11 is 1.06. The number of rotatable bonds is 4. The zero-order chi connectivity index (χ0) is 14.5. The van der Waals surface area contributed by atoms with Gasteiger partial charge < -0.3 is 10.9 Å². The molecule has 0 amide bonds. The quantitative estimate of drug-likeness (QED) is 0.219. The molecule has 0 radical (unpaired) electrons. The maximum Gasteiger partial charge on any atom is 0.284 e. The highest BCUT2D eigenvalue weighted by Gasteiger charge is 2.17. The van der Waals surface area contributed by atoms with Crippen LogP contribution >= 0.6 is 11.8 Å². The Morgan fingerprint density at radius 3 is 2.70 bits per heavy atom. The smallest absolute Gasteiger partial charge is 0.284 e. The molecule has 8 nitrogen and oxygen atoms in total. The van der Waals surface area contributed by atoms with E-state index in [2.05, 4.69) is 15.1 Å². The standard InChI is InChI=1S/C11H9N5O3S/c12-10(15-17)7-2-3-9(8(6-7)16(18)19)20-11-13-4-1-5-14-11/h1-6,17H,(H2,12,15). The Hall–Kier alpha value is -2.68. The molecule has 0 unspecified atom stereocenters. The number of nitro groups is 1. The van der Waals surface area contributed by atoms with Crippen LogP contribution < -0.4 is 5.73 Å². The summed E-state index contributed by atoms with van der Waals surface area (Å²) in [5, 5.41) is 22.9. The molecule has 2 rings (SSSR count). The minimum absolute atomic E-state index is 0.161. The van der Waals surface area contributed by atoms with Crippen LogP contribution in [0.3, 0.4) is 0 Å². The van der Waals surface area contributed by atoms with Crippen molar-refractivity contribution in [2.24, 2.45) is 10.9 Å². The van der Waals surface area contributed by atoms with Crippen LogP contribution in [0.15, 0.2) is 51.9 Å². The Labute approximate surface area is 117 Å². The molecule has 0 aliphatic heterocycles. The molecule has 20 heavy (non-hydrogen) atoms. The molecule has 0 aliphatic carbocycles. The van der Waals surface area contributed by atoms with Crippen molar-refractivity contribution in [1.29, 1.82) is 0 Å². The van der Waals surface area contributed by atoms with Gasteiger partial charge in [0.1, 0.15) is 0 Å². The average Bonchev–Trinajstić information content (AvgIpc) is 2.47. The van der Waals surface area contributed by atoms with E-state index in [1.807, 2.05) is 0 Å². The molecule has 0 atom stereocenters. The van der Waals surface area contributed by atoms with Gasteiger partial charge in [-0.3, -0.25) is 10.1 Å². The van der Waals surface area contributed by atoms with Crippen LogP contribution in [-0.4, -0.2) is 25.9 Å². The van der Waals surface area contributed by atoms with E-state index >= 15 is 0 Å². The molecule has 1 aromatic carbocycles. The van der Waals surface area contributed by atoms with E-state index in [-0.39, 0.29) is 17.1 Å². The molecular weight excluding hydrogens is 282 g/mol. The highest BCUT2D eigenvalue weighted by molar-refractivity contribution is 7.99. The summed E-state index contributed by atoms with van der Waals surface area (Å²) in [6, 6.07) is 5.92. The van der Waals surface area contributed by atoms with Crippen molar-refractivity contribution < 1.29 is 10.1 Å². The van der Waals surface area contributed by atoms with Crippen molar-refractivity contribution >= 4 is 23.3 Å². The molecule has 9 heteroatoms. The lowest BCUT2D eigenvalue weighted by molar-refractivity contribution is -0.387. The van der Waals surface area contributed by atoms with Crippen LogP contribution in [0.2, 0.25) is 0 Å². The fourth-order valence-corrected chi connectivity index (χ4v) is 2.20. The van der Waals surface area contributed by atoms with E-state index in [0.29, 0.717) is 10.1 Å². The van der Waals surface area contributed by atoms with Gasteiger partial charge in [-0.15, -0.1) is 0 Å². The van der Waals surface area contributed by atoms with Crippen LogP contribution in [0.1, 0.15) is 5.56 Å². The van der Waals surface area contributed by atoms with Crippen molar-refractivity contribution in [1.82, 2.24) is 9.97 Å². The number of oxime groups is 1. The van der Waals surface area contributed by atoms with Gasteiger partial charge in [-0.05, 0) is 30.0 Å². The molecule has 0 saturated carbocycles. The third-order valence-electron chi connectivity index (χ3n) is 2.30. The minimum atomic E-state index is -0.542. The third kappa shape index (κ3) is 3.01. The number of nitrogens with zero attached hydrogens (tertiary/aromatic N) is 4. The lowest BCUT2D eigenvalue weighted by Crippen LogP contribution is -2.13. The van der Waals surface area contributed by atoms with Gasteiger partial charge >= 0.3 is 0 Å². The van der Waals surface area contributed by atoms with E-state index in [4.69, 9.17) is 10.9 Å². The number of benzene rings is 1. The number of nitro benzene ring substituents is 1. The van der Waals surface area contributed by atoms with Crippen molar-refractivity contribution in [2.75, 3.05) is 0 Å². The predicted molar refractivity (Wildman–Crippen MR) is 71.8 cm³/mol. The molecule has 0 aliphatic rings. The number of aromatic nitrogens is 2. The SMILES string of the molecule is NC(=NO)c1ccc(Sc2ncccn2)c([N+](=O)[O-])c1. The molecule has 102 valence electrons. The first-order chi connectivity index (χ1) is 9.61. The number of hydrogen-bond donors (Lipinski definition) is 2. The average molecular weight is 291 g/mol. The number of hydrogen-bond acceptors (Lipinski definition) is 7. The maximum absolute atomic E-state index is 11.1. The van der Waals surface area contributed by atoms with Crippen LogP contribution in [0.4, 0.5) is 5.69 Å². The van der Waals surface area contributed by atoms with Crippen molar-refractivity contribution in [3.05, 3.63) is 52.3 Å². The fourth-order valence-electron chi connectivity index (χ4n) is 1.40. The zero-order valence-electron chi connectivity index (χ0n) is 10.0. The second-order valence-electron chi connectivity index (χ2n) is 3.56. The first kappa shape index (κ1) is 13.7. The van der Waals surface area contributed by atoms with Gasteiger partial charge in [0.2, 0.25) is 0 Å². The van der Waals surface area contributed by atoms with Gasteiger partial charge in [-0.25, -0.2) is 9.97 Å². The van der Waals surface area contributed by atoms with Crippen LogP contribution in [0.5, 0.6) is 0 Å². The molecule has 0 fully saturated rings. The zero-order valence-corrected chi connectivity index (χ0v) is 10.8. The summed E-state index contributed by atoms with van der Waals surface area (Å²) in [6.45, 7) is 0. The second kappa shape index (κ2) is 5.97. The second-order valence-corrected chi connectivity index (χ2v) is 4.57. The minimum Gasteiger partial charge on any atom is -0.409 e. The lowest BCUT2D eigenvalue weighted by Gasteiger charge is -2.04. The molecule has 0 bridgehead atoms. The summed E-state index contributed by atoms with van der Waals surface area (Å²) in [5.74, 6) is -0.194. The third-order valence-corrected chi connectivity index (χ3v) is 3.26. The van der Waals surface area contributed by atoms with Gasteiger partial charge in [-0.1, -0.05) is 5.16 Å². The fraction of sp³-hybridized carbons (Fsp3) is 0. The highest BCUT2D eigenvalue weighted by Crippen LogP contribution is 2.33. The lowest BCUT2D eigenvalue weighted by atomic mass is 10.2. The van der Waals surface area contributed by atoms with E-state index in [1.165, 1.54) is 18.2 Å². The molecule has 2 aromatic rings. The Morgan fingerprint density at radius 2 is 2.10 bits per heavy atom. The van der Waals surface area contributed by atoms with E-state index < -0.39 is 4.92 Å². The van der Waals surface area contributed by atoms with Crippen molar-refractivity contribution in [2.45, 2.75) is 10.1 Å². The number of amidine groups is 1. The van der Waals surface area contributed by atoms with Crippen LogP contribution in [0.25, 0.3) is 0 Å². The Bertz CT molecular complexity index is 662. The van der Waals surface area contributed by atoms with Gasteiger partial charge in [0.25, 0.3) is 5.69 Å². The summed E-state index contributed by atoms with van der Waals surface area (Å²) in [5.41, 5.74) is 5.51. The first-order valence-corrected chi connectivity index (χ1v) is 6.14. The maximum atomic E-state index is 11.1. The van der Waals surface area contributed by atoms with E-state index in [1.54, 1.807) is 18.5 Å². The Kier molecular flexibility index (Phi) is 4.11. The Balaban J connectivity index is 2.41. The van der Waals surface area contributed by atoms with Crippen molar-refractivity contribution in [3.8, 4) is 0 Å². The molecule has 1 aromatic heterocycles. The molecule has 0 saturated heterocycles. The van der Waals surface area contributed by atoms with Gasteiger partial charge in [0, 0.05) is 24.0 Å². The van der Waals surface area contributed by atoms with Crippen LogP contribution in [0, 0.1) is 10.1 Å². The van der Waals surface area contributed by atoms with Gasteiger partial charge in [0.15, 0.2) is 11.0 Å². The molecule has 1 heterocycles. The Morgan fingerprint density at radius 1 is 1.40 bits per heavy atom. The molecular formula is C11H9N5O3S. The van der Waals surface area contributed by atoms with E-state index in [0.717, 1.165) is 11.8 Å². The highest BCUT2D eigenvalue weighted by atomic mass is 32.2. The monoisotopic (exact) mass is 291 g/mol. The van der Waals surface area contributed by atoms with Crippen molar-refractivity contribution in [3.63, 3.8) is 0 Å². The summed E-state index contributed by atoms with van der Waals surface area (Å²) in [4.78, 5) is 18.9. The largest absolute Gasteiger partial charge is 0.409 e. The normalized spacial score (nSPS) is 11.3. The summed E-state index contributed by atoms with van der Waals surface area (Å²) in [6.07, 6.45) is 3.10. The molecule has 3 N–H and O–H groups in total.